The van der Waals surface area contributed by atoms with Crippen molar-refractivity contribution in [2.75, 3.05) is 6.79 Å². The number of carboxylic acids is 1. The van der Waals surface area contributed by atoms with Gasteiger partial charge in [0.25, 0.3) is 0 Å². The van der Waals surface area contributed by atoms with Crippen molar-refractivity contribution in [3.8, 4) is 11.5 Å². The second kappa shape index (κ2) is 9.87. The molecule has 1 aliphatic carbocycles. The fourth-order valence-electron chi connectivity index (χ4n) is 4.56. The van der Waals surface area contributed by atoms with Crippen LogP contribution in [0, 0.1) is 0 Å². The number of hydrogen-bond donors (Lipinski definition) is 1. The average molecular weight is 466 g/mol. The first-order valence-electron chi connectivity index (χ1n) is 11.5. The maximum absolute atomic E-state index is 11.5. The summed E-state index contributed by atoms with van der Waals surface area (Å²) in [7, 11) is 0. The number of pyridine rings is 1. The van der Waals surface area contributed by atoms with Gasteiger partial charge in [-0.3, -0.25) is 9.78 Å². The van der Waals surface area contributed by atoms with Gasteiger partial charge >= 0.3 is 5.97 Å². The van der Waals surface area contributed by atoms with Gasteiger partial charge < -0.3 is 14.6 Å². The van der Waals surface area contributed by atoms with E-state index in [0.29, 0.717) is 17.9 Å². The smallest absolute Gasteiger partial charge is 0.303 e. The highest BCUT2D eigenvalue weighted by atomic mass is 32.1. The highest BCUT2D eigenvalue weighted by Crippen LogP contribution is 2.36. The number of benzene rings is 1. The maximum atomic E-state index is 11.5. The number of rotatable bonds is 9. The first-order valence-corrected chi connectivity index (χ1v) is 12.4. The van der Waals surface area contributed by atoms with Gasteiger partial charge in [0.05, 0.1) is 6.42 Å². The van der Waals surface area contributed by atoms with E-state index < -0.39 is 5.97 Å². The number of carboxylic acid groups (broad SMARTS) is 1. The van der Waals surface area contributed by atoms with E-state index in [-0.39, 0.29) is 19.1 Å². The van der Waals surface area contributed by atoms with Crippen molar-refractivity contribution in [3.05, 3.63) is 62.9 Å². The third kappa shape index (κ3) is 5.33. The van der Waals surface area contributed by atoms with Gasteiger partial charge in [0.2, 0.25) is 6.79 Å². The summed E-state index contributed by atoms with van der Waals surface area (Å²) in [6, 6.07) is 10.0. The van der Waals surface area contributed by atoms with Crippen LogP contribution in [0.3, 0.4) is 0 Å². The summed E-state index contributed by atoms with van der Waals surface area (Å²) in [5, 5.41) is 20.0. The van der Waals surface area contributed by atoms with Crippen LogP contribution >= 0.6 is 11.3 Å². The predicted molar refractivity (Wildman–Crippen MR) is 124 cm³/mol. The number of aromatic nitrogens is 3. The molecule has 0 bridgehead atoms. The molecule has 1 aliphatic heterocycles. The minimum atomic E-state index is -0.833. The number of aryl methyl sites for hydroxylation is 4. The molecule has 0 saturated heterocycles. The molecule has 33 heavy (non-hydrogen) atoms. The zero-order valence-electron chi connectivity index (χ0n) is 18.5. The Balaban J connectivity index is 1.19. The summed E-state index contributed by atoms with van der Waals surface area (Å²) >= 11 is 1.57. The Bertz CT molecular complexity index is 1150. The number of aliphatic carboxylic acids is 1. The van der Waals surface area contributed by atoms with Gasteiger partial charge in [0.1, 0.15) is 10.0 Å². The van der Waals surface area contributed by atoms with Gasteiger partial charge in [-0.05, 0) is 67.9 Å². The third-order valence-corrected chi connectivity index (χ3v) is 7.28. The molecule has 7 nitrogen and oxygen atoms in total. The van der Waals surface area contributed by atoms with Gasteiger partial charge in [-0.15, -0.1) is 21.5 Å². The minimum Gasteiger partial charge on any atom is -0.481 e. The van der Waals surface area contributed by atoms with Crippen LogP contribution < -0.4 is 9.47 Å². The van der Waals surface area contributed by atoms with Crippen LogP contribution in [0.5, 0.6) is 11.5 Å². The predicted octanol–water partition coefficient (Wildman–Crippen LogP) is 4.52. The molecule has 5 rings (SSSR count). The van der Waals surface area contributed by atoms with Crippen LogP contribution in [0.2, 0.25) is 0 Å². The van der Waals surface area contributed by atoms with Gasteiger partial charge in [-0.25, -0.2) is 0 Å². The first kappa shape index (κ1) is 21.8. The van der Waals surface area contributed by atoms with Crippen LogP contribution in [-0.2, 0) is 36.9 Å². The molecule has 8 heteroatoms. The molecule has 1 atom stereocenters. The standard InChI is InChI=1S/C25H27N3O4S/c29-25(30)14-18(17-9-11-21-22(12-17)32-15-31-21)13-24-28-27-23(33-24)7-3-5-19-10-8-16-4-1-2-6-20(16)26-19/h8-12,18H,1-7,13-15H2,(H,29,30). The summed E-state index contributed by atoms with van der Waals surface area (Å²) in [6.45, 7) is 0.198. The lowest BCUT2D eigenvalue weighted by Crippen LogP contribution is -2.09. The van der Waals surface area contributed by atoms with Crippen LogP contribution in [0.15, 0.2) is 30.3 Å². The third-order valence-electron chi connectivity index (χ3n) is 6.28. The van der Waals surface area contributed by atoms with E-state index >= 15 is 0 Å². The number of ether oxygens (including phenoxy) is 2. The van der Waals surface area contributed by atoms with Crippen molar-refractivity contribution < 1.29 is 19.4 Å². The minimum absolute atomic E-state index is 0.0263. The van der Waals surface area contributed by atoms with E-state index in [1.165, 1.54) is 24.1 Å². The van der Waals surface area contributed by atoms with Crippen molar-refractivity contribution >= 4 is 17.3 Å². The number of nitrogens with zero attached hydrogens (tertiary/aromatic N) is 3. The number of carbonyl (C=O) groups is 1. The molecule has 3 aromatic rings. The second-order valence-corrected chi connectivity index (χ2v) is 9.82. The van der Waals surface area contributed by atoms with Gasteiger partial charge in [0.15, 0.2) is 11.5 Å². The Morgan fingerprint density at radius 2 is 1.88 bits per heavy atom. The molecule has 0 radical (unpaired) electrons. The Labute approximate surface area is 196 Å². The first-order chi connectivity index (χ1) is 16.1. The van der Waals surface area contributed by atoms with Crippen LogP contribution in [0.1, 0.15) is 64.1 Å². The molecule has 2 aliphatic rings. The summed E-state index contributed by atoms with van der Waals surface area (Å²) in [4.78, 5) is 16.4. The van der Waals surface area contributed by atoms with Gasteiger partial charge in [-0.2, -0.15) is 0 Å². The Morgan fingerprint density at radius 1 is 1.03 bits per heavy atom. The van der Waals surface area contributed by atoms with Crippen molar-refractivity contribution in [2.24, 2.45) is 0 Å². The lowest BCUT2D eigenvalue weighted by molar-refractivity contribution is -0.137. The van der Waals surface area contributed by atoms with E-state index in [9.17, 15) is 9.90 Å². The summed E-state index contributed by atoms with van der Waals surface area (Å²) in [6.07, 6.45) is 8.09. The molecule has 172 valence electrons. The maximum Gasteiger partial charge on any atom is 0.303 e. The zero-order valence-corrected chi connectivity index (χ0v) is 19.3. The molecule has 3 heterocycles. The topological polar surface area (TPSA) is 94.4 Å². The van der Waals surface area contributed by atoms with E-state index in [4.69, 9.17) is 14.5 Å². The monoisotopic (exact) mass is 465 g/mol. The summed E-state index contributed by atoms with van der Waals surface area (Å²) < 4.78 is 10.8. The number of hydrogen-bond acceptors (Lipinski definition) is 7. The zero-order chi connectivity index (χ0) is 22.6. The van der Waals surface area contributed by atoms with Crippen LogP contribution in [0.4, 0.5) is 0 Å². The summed E-state index contributed by atoms with van der Waals surface area (Å²) in [5.74, 6) is 0.327. The molecule has 0 fully saturated rings. The van der Waals surface area contributed by atoms with E-state index in [1.807, 2.05) is 18.2 Å². The SMILES string of the molecule is O=C(O)CC(Cc1nnc(CCCc2ccc3c(n2)CCCC3)s1)c1ccc2c(c1)OCO2. The molecule has 1 N–H and O–H groups in total. The van der Waals surface area contributed by atoms with Crippen molar-refractivity contribution in [1.82, 2.24) is 15.2 Å². The highest BCUT2D eigenvalue weighted by molar-refractivity contribution is 7.11. The Morgan fingerprint density at radius 3 is 2.79 bits per heavy atom. The largest absolute Gasteiger partial charge is 0.481 e. The quantitative estimate of drug-likeness (QED) is 0.497. The molecule has 2 aromatic heterocycles. The van der Waals surface area contributed by atoms with E-state index in [2.05, 4.69) is 22.3 Å². The van der Waals surface area contributed by atoms with Crippen molar-refractivity contribution in [3.63, 3.8) is 0 Å². The Hall–Kier alpha value is -3.00. The molecule has 0 amide bonds. The molecule has 1 aromatic carbocycles. The van der Waals surface area contributed by atoms with Crippen LogP contribution in [-0.4, -0.2) is 33.1 Å². The molecular formula is C25H27N3O4S. The van der Waals surface area contributed by atoms with Crippen molar-refractivity contribution in [1.29, 1.82) is 0 Å². The fourth-order valence-corrected chi connectivity index (χ4v) is 5.52. The molecular weight excluding hydrogens is 438 g/mol. The van der Waals surface area contributed by atoms with E-state index in [0.717, 1.165) is 53.4 Å². The highest BCUT2D eigenvalue weighted by Gasteiger charge is 2.22. The Kier molecular flexibility index (Phi) is 6.53. The average Bonchev–Trinajstić information content (AvgIpc) is 3.47. The molecule has 1 unspecified atom stereocenters. The fraction of sp³-hybridized carbons (Fsp3) is 0.440. The lowest BCUT2D eigenvalue weighted by Gasteiger charge is -2.15. The van der Waals surface area contributed by atoms with Gasteiger partial charge in [-0.1, -0.05) is 12.1 Å². The molecule has 0 spiro atoms. The molecule has 0 saturated carbocycles. The number of fused-ring (bicyclic) bond motifs is 2. The van der Waals surface area contributed by atoms with Crippen LogP contribution in [0.25, 0.3) is 0 Å². The summed E-state index contributed by atoms with van der Waals surface area (Å²) in [5.41, 5.74) is 4.77. The van der Waals surface area contributed by atoms with Crippen molar-refractivity contribution in [2.45, 2.75) is 63.7 Å². The van der Waals surface area contributed by atoms with Gasteiger partial charge in [0, 0.05) is 30.1 Å². The normalized spacial score (nSPS) is 15.3. The van der Waals surface area contributed by atoms with E-state index in [1.54, 1.807) is 11.3 Å². The lowest BCUT2D eigenvalue weighted by atomic mass is 9.92. The second-order valence-electron chi connectivity index (χ2n) is 8.67.